The highest BCUT2D eigenvalue weighted by Crippen LogP contribution is 2.23. The van der Waals surface area contributed by atoms with E-state index < -0.39 is 11.9 Å². The zero-order valence-electron chi connectivity index (χ0n) is 16.5. The molecule has 0 fully saturated rings. The Kier molecular flexibility index (Phi) is 5.95. The summed E-state index contributed by atoms with van der Waals surface area (Å²) in [6, 6.07) is 21.2. The standard InChI is InChI=1S/C24H17BrN2O4/c1-15-6-8-16(9-7-15)24(29)31-21-11-10-19(25)12-18(21)14-26-27-23(28)22-13-17-4-2-3-5-20(17)30-22/h2-14H,1H3,(H,27,28)/b26-14+. The van der Waals surface area contributed by atoms with Crippen LogP contribution in [0, 0.1) is 6.92 Å². The van der Waals surface area contributed by atoms with Gasteiger partial charge in [-0.05, 0) is 49.4 Å². The zero-order valence-corrected chi connectivity index (χ0v) is 18.0. The molecule has 0 aliphatic heterocycles. The van der Waals surface area contributed by atoms with Gasteiger partial charge in [0.25, 0.3) is 0 Å². The van der Waals surface area contributed by atoms with Crippen LogP contribution in [-0.4, -0.2) is 18.1 Å². The average molecular weight is 477 g/mol. The number of esters is 1. The second-order valence-electron chi connectivity index (χ2n) is 6.79. The summed E-state index contributed by atoms with van der Waals surface area (Å²) in [6.07, 6.45) is 1.41. The lowest BCUT2D eigenvalue weighted by Gasteiger charge is -2.08. The fourth-order valence-corrected chi connectivity index (χ4v) is 3.25. The van der Waals surface area contributed by atoms with Gasteiger partial charge in [0.2, 0.25) is 0 Å². The molecule has 4 rings (SSSR count). The van der Waals surface area contributed by atoms with Crippen LogP contribution in [0.4, 0.5) is 0 Å². The number of furan rings is 1. The molecule has 3 aromatic carbocycles. The molecule has 0 atom stereocenters. The topological polar surface area (TPSA) is 80.9 Å². The number of rotatable bonds is 5. The summed E-state index contributed by atoms with van der Waals surface area (Å²) in [5.74, 6) is -0.502. The number of nitrogens with one attached hydrogen (secondary N) is 1. The highest BCUT2D eigenvalue weighted by molar-refractivity contribution is 9.10. The third-order valence-electron chi connectivity index (χ3n) is 4.48. The summed E-state index contributed by atoms with van der Waals surface area (Å²) in [5.41, 5.74) is 5.05. The van der Waals surface area contributed by atoms with Crippen LogP contribution in [0.5, 0.6) is 5.75 Å². The highest BCUT2D eigenvalue weighted by atomic mass is 79.9. The summed E-state index contributed by atoms with van der Waals surface area (Å²) in [7, 11) is 0. The summed E-state index contributed by atoms with van der Waals surface area (Å²) in [5, 5.41) is 4.81. The molecule has 0 aliphatic rings. The summed E-state index contributed by atoms with van der Waals surface area (Å²) in [4.78, 5) is 24.8. The monoisotopic (exact) mass is 476 g/mol. The number of ether oxygens (including phenoxy) is 1. The van der Waals surface area contributed by atoms with Crippen LogP contribution >= 0.6 is 15.9 Å². The van der Waals surface area contributed by atoms with Gasteiger partial charge in [0.1, 0.15) is 11.3 Å². The second-order valence-corrected chi connectivity index (χ2v) is 7.70. The van der Waals surface area contributed by atoms with Gasteiger partial charge in [0.15, 0.2) is 5.76 Å². The van der Waals surface area contributed by atoms with Gasteiger partial charge in [-0.1, -0.05) is 51.8 Å². The quantitative estimate of drug-likeness (QED) is 0.179. The van der Waals surface area contributed by atoms with Crippen molar-refractivity contribution in [3.63, 3.8) is 0 Å². The van der Waals surface area contributed by atoms with E-state index in [9.17, 15) is 9.59 Å². The normalized spacial score (nSPS) is 11.0. The van der Waals surface area contributed by atoms with Gasteiger partial charge < -0.3 is 9.15 Å². The molecule has 0 unspecified atom stereocenters. The van der Waals surface area contributed by atoms with E-state index in [0.29, 0.717) is 22.5 Å². The lowest BCUT2D eigenvalue weighted by Crippen LogP contribution is -2.17. The Bertz CT molecular complexity index is 1260. The molecule has 7 heteroatoms. The smallest absolute Gasteiger partial charge is 0.343 e. The van der Waals surface area contributed by atoms with Crippen LogP contribution in [0.15, 0.2) is 86.8 Å². The van der Waals surface area contributed by atoms with Crippen molar-refractivity contribution in [2.24, 2.45) is 5.10 Å². The number of nitrogens with zero attached hydrogens (tertiary/aromatic N) is 1. The molecule has 0 saturated heterocycles. The van der Waals surface area contributed by atoms with Gasteiger partial charge in [-0.15, -0.1) is 0 Å². The minimum Gasteiger partial charge on any atom is -0.451 e. The number of carbonyl (C=O) groups is 2. The maximum absolute atomic E-state index is 12.5. The average Bonchev–Trinajstić information content (AvgIpc) is 3.20. The molecule has 0 bridgehead atoms. The van der Waals surface area contributed by atoms with Crippen molar-refractivity contribution in [1.29, 1.82) is 0 Å². The largest absolute Gasteiger partial charge is 0.451 e. The molecule has 0 aliphatic carbocycles. The second kappa shape index (κ2) is 8.97. The van der Waals surface area contributed by atoms with E-state index in [1.165, 1.54) is 6.21 Å². The summed E-state index contributed by atoms with van der Waals surface area (Å²) in [6.45, 7) is 1.94. The SMILES string of the molecule is Cc1ccc(C(=O)Oc2ccc(Br)cc2/C=N/NC(=O)c2cc3ccccc3o2)cc1. The van der Waals surface area contributed by atoms with E-state index in [4.69, 9.17) is 9.15 Å². The minimum atomic E-state index is -0.486. The molecule has 154 valence electrons. The van der Waals surface area contributed by atoms with Crippen LogP contribution in [0.3, 0.4) is 0 Å². The number of hydrogen-bond donors (Lipinski definition) is 1. The molecule has 0 saturated carbocycles. The van der Waals surface area contributed by atoms with E-state index in [1.54, 1.807) is 42.5 Å². The Hall–Kier alpha value is -3.71. The molecule has 4 aromatic rings. The van der Waals surface area contributed by atoms with Crippen LogP contribution in [0.2, 0.25) is 0 Å². The van der Waals surface area contributed by atoms with Crippen LogP contribution in [-0.2, 0) is 0 Å². The number of fused-ring (bicyclic) bond motifs is 1. The van der Waals surface area contributed by atoms with Gasteiger partial charge in [-0.25, -0.2) is 10.2 Å². The number of hydrazone groups is 1. The van der Waals surface area contributed by atoms with Gasteiger partial charge >= 0.3 is 11.9 Å². The summed E-state index contributed by atoms with van der Waals surface area (Å²) >= 11 is 3.39. The number of halogens is 1. The number of carbonyl (C=O) groups excluding carboxylic acids is 2. The lowest BCUT2D eigenvalue weighted by atomic mass is 10.1. The predicted octanol–water partition coefficient (Wildman–Crippen LogP) is 5.49. The van der Waals surface area contributed by atoms with E-state index in [1.807, 2.05) is 37.3 Å². The number of benzene rings is 3. The number of amides is 1. The van der Waals surface area contributed by atoms with Gasteiger partial charge in [-0.3, -0.25) is 4.79 Å². The minimum absolute atomic E-state index is 0.151. The first-order chi connectivity index (χ1) is 15.0. The Morgan fingerprint density at radius 3 is 2.58 bits per heavy atom. The van der Waals surface area contributed by atoms with Crippen LogP contribution in [0.1, 0.15) is 32.0 Å². The number of aryl methyl sites for hydroxylation is 1. The van der Waals surface area contributed by atoms with Crippen LogP contribution in [0.25, 0.3) is 11.0 Å². The van der Waals surface area contributed by atoms with Crippen LogP contribution < -0.4 is 10.2 Å². The molecule has 6 nitrogen and oxygen atoms in total. The summed E-state index contributed by atoms with van der Waals surface area (Å²) < 4.78 is 11.8. The fourth-order valence-electron chi connectivity index (χ4n) is 2.87. The van der Waals surface area contributed by atoms with Crippen molar-refractivity contribution < 1.29 is 18.7 Å². The Labute approximate surface area is 186 Å². The van der Waals surface area contributed by atoms with Crippen molar-refractivity contribution in [2.45, 2.75) is 6.92 Å². The first-order valence-corrected chi connectivity index (χ1v) is 10.2. The van der Waals surface area contributed by atoms with Crippen molar-refractivity contribution in [3.05, 3.63) is 99.7 Å². The van der Waals surface area contributed by atoms with E-state index in [0.717, 1.165) is 15.4 Å². The first-order valence-electron chi connectivity index (χ1n) is 9.40. The molecule has 0 spiro atoms. The van der Waals surface area contributed by atoms with Crippen molar-refractivity contribution >= 4 is 45.0 Å². The molecule has 1 heterocycles. The molecule has 0 radical (unpaired) electrons. The Balaban J connectivity index is 1.49. The molecule has 31 heavy (non-hydrogen) atoms. The maximum atomic E-state index is 12.5. The molecule has 1 N–H and O–H groups in total. The van der Waals surface area contributed by atoms with E-state index in [2.05, 4.69) is 26.5 Å². The number of para-hydroxylation sites is 1. The van der Waals surface area contributed by atoms with Crippen molar-refractivity contribution in [2.75, 3.05) is 0 Å². The predicted molar refractivity (Wildman–Crippen MR) is 122 cm³/mol. The Morgan fingerprint density at radius 1 is 1.03 bits per heavy atom. The van der Waals surface area contributed by atoms with Gasteiger partial charge in [0, 0.05) is 15.4 Å². The molecule has 1 aromatic heterocycles. The van der Waals surface area contributed by atoms with Gasteiger partial charge in [0.05, 0.1) is 11.8 Å². The molecular weight excluding hydrogens is 460 g/mol. The molecule has 1 amide bonds. The van der Waals surface area contributed by atoms with E-state index in [-0.39, 0.29) is 5.76 Å². The lowest BCUT2D eigenvalue weighted by molar-refractivity contribution is 0.0734. The number of hydrogen-bond acceptors (Lipinski definition) is 5. The maximum Gasteiger partial charge on any atom is 0.343 e. The highest BCUT2D eigenvalue weighted by Gasteiger charge is 2.13. The first kappa shape index (κ1) is 20.6. The zero-order chi connectivity index (χ0) is 21.8. The van der Waals surface area contributed by atoms with E-state index >= 15 is 0 Å². The third-order valence-corrected chi connectivity index (χ3v) is 4.97. The molecular formula is C24H17BrN2O4. The van der Waals surface area contributed by atoms with Crippen molar-refractivity contribution in [3.8, 4) is 5.75 Å². The van der Waals surface area contributed by atoms with Crippen molar-refractivity contribution in [1.82, 2.24) is 5.43 Å². The fraction of sp³-hybridized carbons (Fsp3) is 0.0417. The Morgan fingerprint density at radius 2 is 1.81 bits per heavy atom. The third kappa shape index (κ3) is 4.90. The van der Waals surface area contributed by atoms with Gasteiger partial charge in [-0.2, -0.15) is 5.10 Å².